The topological polar surface area (TPSA) is 75.0 Å². The zero-order valence-electron chi connectivity index (χ0n) is 16.5. The van der Waals surface area contributed by atoms with Crippen LogP contribution in [0.25, 0.3) is 11.0 Å². The van der Waals surface area contributed by atoms with Crippen molar-refractivity contribution in [1.82, 2.24) is 0 Å². The summed E-state index contributed by atoms with van der Waals surface area (Å²) in [6.45, 7) is 6.06. The number of rotatable bonds is 8. The second-order valence-electron chi connectivity index (χ2n) is 6.77. The van der Waals surface area contributed by atoms with E-state index in [0.29, 0.717) is 35.3 Å². The molecule has 1 heterocycles. The molecular weight excluding hydrogens is 348 g/mol. The molecule has 0 radical (unpaired) electrons. The molecule has 0 saturated carbocycles. The Morgan fingerprint density at radius 1 is 1.19 bits per heavy atom. The van der Waals surface area contributed by atoms with E-state index in [9.17, 15) is 9.59 Å². The Morgan fingerprint density at radius 2 is 1.89 bits per heavy atom. The molecule has 0 amide bonds. The Hall–Kier alpha value is -2.76. The van der Waals surface area contributed by atoms with Crippen LogP contribution in [-0.4, -0.2) is 26.8 Å². The van der Waals surface area contributed by atoms with E-state index >= 15 is 0 Å². The molecule has 0 spiro atoms. The van der Waals surface area contributed by atoms with Gasteiger partial charge in [-0.25, -0.2) is 4.79 Å². The average Bonchev–Trinajstić information content (AvgIpc) is 2.63. The highest BCUT2D eigenvalue weighted by atomic mass is 16.5. The van der Waals surface area contributed by atoms with Gasteiger partial charge in [0, 0.05) is 24.1 Å². The van der Waals surface area contributed by atoms with E-state index in [-0.39, 0.29) is 18.5 Å². The zero-order valence-corrected chi connectivity index (χ0v) is 16.5. The molecule has 0 bridgehead atoms. The first-order valence-electron chi connectivity index (χ1n) is 8.84. The van der Waals surface area contributed by atoms with Gasteiger partial charge in [-0.1, -0.05) is 19.9 Å². The summed E-state index contributed by atoms with van der Waals surface area (Å²) < 4.78 is 21.5. The van der Waals surface area contributed by atoms with Crippen LogP contribution < -0.4 is 15.1 Å². The minimum absolute atomic E-state index is 0.212. The molecule has 146 valence electrons. The van der Waals surface area contributed by atoms with Gasteiger partial charge in [0.1, 0.15) is 23.7 Å². The van der Waals surface area contributed by atoms with Crippen LogP contribution in [0.15, 0.2) is 39.1 Å². The smallest absolute Gasteiger partial charge is 0.336 e. The summed E-state index contributed by atoms with van der Waals surface area (Å²) in [6.07, 6.45) is 2.79. The fourth-order valence-corrected chi connectivity index (χ4v) is 2.70. The van der Waals surface area contributed by atoms with Gasteiger partial charge < -0.3 is 18.6 Å². The Kier molecular flexibility index (Phi) is 7.05. The number of hydrogen-bond acceptors (Lipinski definition) is 6. The largest absolute Gasteiger partial charge is 0.496 e. The molecule has 0 N–H and O–H groups in total. The number of ether oxygens (including phenoxy) is 3. The predicted molar refractivity (Wildman–Crippen MR) is 103 cm³/mol. The Labute approximate surface area is 158 Å². The van der Waals surface area contributed by atoms with Gasteiger partial charge in [0.05, 0.1) is 19.6 Å². The van der Waals surface area contributed by atoms with Gasteiger partial charge in [-0.05, 0) is 30.9 Å². The first-order chi connectivity index (χ1) is 12.8. The first-order valence-corrected chi connectivity index (χ1v) is 8.84. The van der Waals surface area contributed by atoms with Crippen molar-refractivity contribution in [3.63, 3.8) is 0 Å². The zero-order chi connectivity index (χ0) is 20.0. The van der Waals surface area contributed by atoms with Crippen molar-refractivity contribution in [2.75, 3.05) is 20.8 Å². The molecule has 0 aliphatic rings. The van der Waals surface area contributed by atoms with E-state index in [2.05, 4.69) is 0 Å². The molecule has 2 aromatic rings. The lowest BCUT2D eigenvalue weighted by molar-refractivity contribution is -0.143. The lowest BCUT2D eigenvalue weighted by Crippen LogP contribution is -2.09. The van der Waals surface area contributed by atoms with E-state index in [1.54, 1.807) is 26.4 Å². The monoisotopic (exact) mass is 374 g/mol. The van der Waals surface area contributed by atoms with E-state index in [1.165, 1.54) is 6.07 Å². The molecule has 6 nitrogen and oxygen atoms in total. The maximum atomic E-state index is 11.7. The predicted octanol–water partition coefficient (Wildman–Crippen LogP) is 3.89. The first kappa shape index (κ1) is 20.6. The molecular formula is C21H26O6. The molecule has 0 aliphatic carbocycles. The summed E-state index contributed by atoms with van der Waals surface area (Å²) in [6, 6.07) is 4.80. The standard InChI is InChI=1S/C21H26O6/c1-13(2)10-20(23)26-12-14(3)6-7-15-17(24-4)11-18(25-5)16-8-9-19(22)27-21(15)16/h6,8-9,11,13H,7,10,12H2,1-5H3/b14-6-. The van der Waals surface area contributed by atoms with Crippen LogP contribution in [0.4, 0.5) is 0 Å². The third kappa shape index (κ3) is 5.36. The van der Waals surface area contributed by atoms with Gasteiger partial charge in [0.15, 0.2) is 0 Å². The highest BCUT2D eigenvalue weighted by Gasteiger charge is 2.15. The van der Waals surface area contributed by atoms with Gasteiger partial charge in [-0.2, -0.15) is 0 Å². The fraction of sp³-hybridized carbons (Fsp3) is 0.429. The fourth-order valence-electron chi connectivity index (χ4n) is 2.70. The molecule has 27 heavy (non-hydrogen) atoms. The number of hydrogen-bond donors (Lipinski definition) is 0. The number of methoxy groups -OCH3 is 2. The second-order valence-corrected chi connectivity index (χ2v) is 6.77. The summed E-state index contributed by atoms with van der Waals surface area (Å²) in [7, 11) is 3.10. The molecule has 2 rings (SSSR count). The van der Waals surface area contributed by atoms with Crippen LogP contribution in [0.2, 0.25) is 0 Å². The van der Waals surface area contributed by atoms with Crippen molar-refractivity contribution in [1.29, 1.82) is 0 Å². The summed E-state index contributed by atoms with van der Waals surface area (Å²) in [5, 5.41) is 0.697. The molecule has 0 fully saturated rings. The van der Waals surface area contributed by atoms with Gasteiger partial charge in [0.2, 0.25) is 0 Å². The minimum atomic E-state index is -0.442. The molecule has 0 atom stereocenters. The van der Waals surface area contributed by atoms with E-state index < -0.39 is 5.63 Å². The Balaban J connectivity index is 2.28. The number of benzene rings is 1. The lowest BCUT2D eigenvalue weighted by Gasteiger charge is -2.13. The summed E-state index contributed by atoms with van der Waals surface area (Å²) >= 11 is 0. The second kappa shape index (κ2) is 9.26. The third-order valence-electron chi connectivity index (χ3n) is 4.06. The third-order valence-corrected chi connectivity index (χ3v) is 4.06. The average molecular weight is 374 g/mol. The molecule has 0 unspecified atom stereocenters. The Morgan fingerprint density at radius 3 is 2.52 bits per heavy atom. The minimum Gasteiger partial charge on any atom is -0.496 e. The summed E-state index contributed by atoms with van der Waals surface area (Å²) in [4.78, 5) is 23.4. The number of fused-ring (bicyclic) bond motifs is 1. The van der Waals surface area contributed by atoms with Gasteiger partial charge in [-0.3, -0.25) is 4.79 Å². The van der Waals surface area contributed by atoms with Crippen LogP contribution in [0, 0.1) is 5.92 Å². The van der Waals surface area contributed by atoms with Crippen molar-refractivity contribution in [3.05, 3.63) is 45.8 Å². The van der Waals surface area contributed by atoms with Gasteiger partial charge in [-0.15, -0.1) is 0 Å². The van der Waals surface area contributed by atoms with E-state index in [4.69, 9.17) is 18.6 Å². The van der Waals surface area contributed by atoms with Crippen molar-refractivity contribution in [2.45, 2.75) is 33.6 Å². The van der Waals surface area contributed by atoms with Crippen LogP contribution in [0.3, 0.4) is 0 Å². The van der Waals surface area contributed by atoms with Gasteiger partial charge in [0.25, 0.3) is 0 Å². The van der Waals surface area contributed by atoms with Crippen LogP contribution in [-0.2, 0) is 16.0 Å². The normalized spacial score (nSPS) is 11.7. The highest BCUT2D eigenvalue weighted by Crippen LogP contribution is 2.35. The number of carbonyl (C=O) groups excluding carboxylic acids is 1. The maximum Gasteiger partial charge on any atom is 0.336 e. The van der Waals surface area contributed by atoms with E-state index in [1.807, 2.05) is 26.8 Å². The molecule has 0 aliphatic heterocycles. The molecule has 1 aromatic carbocycles. The Bertz CT molecular complexity index is 891. The maximum absolute atomic E-state index is 11.7. The van der Waals surface area contributed by atoms with E-state index in [0.717, 1.165) is 11.1 Å². The number of carbonyl (C=O) groups is 1. The molecule has 1 aromatic heterocycles. The number of esters is 1. The summed E-state index contributed by atoms with van der Waals surface area (Å²) in [5.41, 5.74) is 1.62. The number of allylic oxidation sites excluding steroid dienone is 1. The van der Waals surface area contributed by atoms with Crippen molar-refractivity contribution < 1.29 is 23.4 Å². The van der Waals surface area contributed by atoms with Crippen LogP contribution >= 0.6 is 0 Å². The molecule has 6 heteroatoms. The van der Waals surface area contributed by atoms with Crippen LogP contribution in [0.5, 0.6) is 11.5 Å². The highest BCUT2D eigenvalue weighted by molar-refractivity contribution is 5.88. The molecule has 0 saturated heterocycles. The SMILES string of the molecule is COc1cc(OC)c2ccc(=O)oc2c1C/C=C(/C)COC(=O)CC(C)C. The summed E-state index contributed by atoms with van der Waals surface area (Å²) in [5.74, 6) is 1.18. The van der Waals surface area contributed by atoms with Crippen molar-refractivity contribution in [2.24, 2.45) is 5.92 Å². The van der Waals surface area contributed by atoms with Gasteiger partial charge >= 0.3 is 11.6 Å². The van der Waals surface area contributed by atoms with Crippen LogP contribution in [0.1, 0.15) is 32.8 Å². The lowest BCUT2D eigenvalue weighted by atomic mass is 10.0. The van der Waals surface area contributed by atoms with Crippen molar-refractivity contribution >= 4 is 16.9 Å². The van der Waals surface area contributed by atoms with Crippen molar-refractivity contribution in [3.8, 4) is 11.5 Å². The quantitative estimate of drug-likeness (QED) is 0.396.